The van der Waals surface area contributed by atoms with E-state index in [0.717, 1.165) is 24.3 Å². The summed E-state index contributed by atoms with van der Waals surface area (Å²) in [6.45, 7) is 4.31. The Hall–Kier alpha value is 0.150. The van der Waals surface area contributed by atoms with E-state index in [4.69, 9.17) is 0 Å². The fourth-order valence-corrected chi connectivity index (χ4v) is 2.38. The monoisotopic (exact) mass is 190 g/mol. The van der Waals surface area contributed by atoms with Crippen molar-refractivity contribution < 1.29 is 4.21 Å². The molecule has 12 heavy (non-hydrogen) atoms. The lowest BCUT2D eigenvalue weighted by Crippen LogP contribution is -2.01. The van der Waals surface area contributed by atoms with E-state index in [1.807, 2.05) is 0 Å². The van der Waals surface area contributed by atoms with Gasteiger partial charge in [-0.2, -0.15) is 0 Å². The minimum Gasteiger partial charge on any atom is -0.260 e. The van der Waals surface area contributed by atoms with E-state index in [-0.39, 0.29) is 0 Å². The Bertz CT molecular complexity index is 112. The predicted molar refractivity (Wildman–Crippen MR) is 56.9 cm³/mol. The van der Waals surface area contributed by atoms with Gasteiger partial charge in [0, 0.05) is 22.3 Å². The summed E-state index contributed by atoms with van der Waals surface area (Å²) < 4.78 is 11.2. The minimum absolute atomic E-state index is 0.525. The highest BCUT2D eigenvalue weighted by Gasteiger charge is 1.96. The van der Waals surface area contributed by atoms with Crippen LogP contribution in [0.5, 0.6) is 0 Å². The molecular weight excluding hydrogens is 168 g/mol. The lowest BCUT2D eigenvalue weighted by Gasteiger charge is -1.99. The maximum atomic E-state index is 11.2. The Labute approximate surface area is 79.4 Å². The Morgan fingerprint density at radius 1 is 0.833 bits per heavy atom. The molecule has 0 aliphatic carbocycles. The molecule has 0 aromatic heterocycles. The molecular formula is C10H22OS. The predicted octanol–water partition coefficient (Wildman–Crippen LogP) is 3.12. The van der Waals surface area contributed by atoms with Crippen LogP contribution >= 0.6 is 0 Å². The van der Waals surface area contributed by atoms with E-state index in [9.17, 15) is 4.21 Å². The quantitative estimate of drug-likeness (QED) is 0.537. The number of rotatable bonds is 8. The molecule has 0 spiro atoms. The van der Waals surface area contributed by atoms with E-state index in [1.54, 1.807) is 0 Å². The van der Waals surface area contributed by atoms with E-state index in [2.05, 4.69) is 13.8 Å². The number of hydrogen-bond donors (Lipinski definition) is 0. The molecule has 0 saturated heterocycles. The summed E-state index contributed by atoms with van der Waals surface area (Å²) in [6.07, 6.45) is 7.43. The molecule has 0 bridgehead atoms. The van der Waals surface area contributed by atoms with E-state index in [0.29, 0.717) is 0 Å². The van der Waals surface area contributed by atoms with Gasteiger partial charge in [-0.3, -0.25) is 4.21 Å². The zero-order chi connectivity index (χ0) is 9.23. The second-order valence-corrected chi connectivity index (χ2v) is 4.96. The smallest absolute Gasteiger partial charge is 0.0234 e. The van der Waals surface area contributed by atoms with Crippen LogP contribution in [0.15, 0.2) is 0 Å². The van der Waals surface area contributed by atoms with E-state index < -0.39 is 10.8 Å². The van der Waals surface area contributed by atoms with Gasteiger partial charge in [0.25, 0.3) is 0 Å². The van der Waals surface area contributed by atoms with Crippen LogP contribution in [0, 0.1) is 0 Å². The van der Waals surface area contributed by atoms with Crippen molar-refractivity contribution in [3.05, 3.63) is 0 Å². The molecule has 0 aliphatic heterocycles. The number of hydrogen-bond acceptors (Lipinski definition) is 1. The fourth-order valence-electron chi connectivity index (χ4n) is 1.20. The van der Waals surface area contributed by atoms with Crippen molar-refractivity contribution in [2.24, 2.45) is 0 Å². The lowest BCUT2D eigenvalue weighted by atomic mass is 10.2. The van der Waals surface area contributed by atoms with Gasteiger partial charge in [0.05, 0.1) is 0 Å². The maximum Gasteiger partial charge on any atom is 0.0234 e. The third kappa shape index (κ3) is 8.25. The molecule has 0 fully saturated rings. The summed E-state index contributed by atoms with van der Waals surface area (Å²) >= 11 is 0. The molecule has 0 N–H and O–H groups in total. The van der Waals surface area contributed by atoms with Gasteiger partial charge in [-0.1, -0.05) is 39.5 Å². The Morgan fingerprint density at radius 2 is 1.50 bits per heavy atom. The zero-order valence-electron chi connectivity index (χ0n) is 8.47. The normalized spacial score (nSPS) is 13.2. The van der Waals surface area contributed by atoms with E-state index in [1.165, 1.54) is 25.7 Å². The van der Waals surface area contributed by atoms with Crippen molar-refractivity contribution in [1.82, 2.24) is 0 Å². The highest BCUT2D eigenvalue weighted by Crippen LogP contribution is 2.03. The summed E-state index contributed by atoms with van der Waals surface area (Å²) in [6, 6.07) is 0. The summed E-state index contributed by atoms with van der Waals surface area (Å²) in [7, 11) is -0.525. The largest absolute Gasteiger partial charge is 0.260 e. The first-order valence-corrected chi connectivity index (χ1v) is 6.65. The van der Waals surface area contributed by atoms with Crippen molar-refractivity contribution in [3.63, 3.8) is 0 Å². The SMILES string of the molecule is CCCCCCCS(=O)CCC. The molecule has 0 saturated carbocycles. The van der Waals surface area contributed by atoms with Gasteiger partial charge in [0.1, 0.15) is 0 Å². The molecule has 0 rings (SSSR count). The van der Waals surface area contributed by atoms with Crippen LogP contribution in [0.25, 0.3) is 0 Å². The first-order chi connectivity index (χ1) is 5.81. The molecule has 0 radical (unpaired) electrons. The van der Waals surface area contributed by atoms with Crippen LogP contribution in [0.1, 0.15) is 52.4 Å². The average Bonchev–Trinajstić information content (AvgIpc) is 2.05. The molecule has 1 nitrogen and oxygen atoms in total. The van der Waals surface area contributed by atoms with Crippen molar-refractivity contribution in [3.8, 4) is 0 Å². The molecule has 2 heteroatoms. The first kappa shape index (κ1) is 12.2. The molecule has 1 unspecified atom stereocenters. The van der Waals surface area contributed by atoms with Crippen molar-refractivity contribution in [2.75, 3.05) is 11.5 Å². The highest BCUT2D eigenvalue weighted by atomic mass is 32.2. The van der Waals surface area contributed by atoms with Gasteiger partial charge in [-0.15, -0.1) is 0 Å². The molecule has 0 aliphatic rings. The molecule has 0 amide bonds. The highest BCUT2D eigenvalue weighted by molar-refractivity contribution is 7.84. The standard InChI is InChI=1S/C10H22OS/c1-3-5-6-7-8-10-12(11)9-4-2/h3-10H2,1-2H3. The van der Waals surface area contributed by atoms with E-state index >= 15 is 0 Å². The summed E-state index contributed by atoms with van der Waals surface area (Å²) in [5, 5.41) is 0. The molecule has 1 atom stereocenters. The van der Waals surface area contributed by atoms with Crippen LogP contribution in [0.3, 0.4) is 0 Å². The van der Waals surface area contributed by atoms with Crippen molar-refractivity contribution in [1.29, 1.82) is 0 Å². The third-order valence-corrected chi connectivity index (χ3v) is 3.51. The molecule has 74 valence electrons. The Balaban J connectivity index is 3.03. The lowest BCUT2D eigenvalue weighted by molar-refractivity contribution is 0.647. The summed E-state index contributed by atoms with van der Waals surface area (Å²) in [5.74, 6) is 1.82. The van der Waals surface area contributed by atoms with Crippen LogP contribution in [0.4, 0.5) is 0 Å². The topological polar surface area (TPSA) is 17.1 Å². The van der Waals surface area contributed by atoms with Gasteiger partial charge in [-0.25, -0.2) is 0 Å². The summed E-state index contributed by atoms with van der Waals surface area (Å²) in [4.78, 5) is 0. The second kappa shape index (κ2) is 9.24. The van der Waals surface area contributed by atoms with Gasteiger partial charge < -0.3 is 0 Å². The second-order valence-electron chi connectivity index (χ2n) is 3.26. The minimum atomic E-state index is -0.525. The van der Waals surface area contributed by atoms with Crippen molar-refractivity contribution in [2.45, 2.75) is 52.4 Å². The number of unbranched alkanes of at least 4 members (excludes halogenated alkanes) is 4. The Kier molecular flexibility index (Phi) is 9.36. The van der Waals surface area contributed by atoms with Crippen molar-refractivity contribution >= 4 is 10.8 Å². The fraction of sp³-hybridized carbons (Fsp3) is 1.00. The Morgan fingerprint density at radius 3 is 2.08 bits per heavy atom. The zero-order valence-corrected chi connectivity index (χ0v) is 9.29. The first-order valence-electron chi connectivity index (χ1n) is 5.16. The average molecular weight is 190 g/mol. The van der Waals surface area contributed by atoms with Crippen LogP contribution in [-0.2, 0) is 10.8 Å². The van der Waals surface area contributed by atoms with Crippen LogP contribution in [0.2, 0.25) is 0 Å². The van der Waals surface area contributed by atoms with Gasteiger partial charge in [0.15, 0.2) is 0 Å². The molecule has 0 heterocycles. The van der Waals surface area contributed by atoms with Crippen LogP contribution < -0.4 is 0 Å². The van der Waals surface area contributed by atoms with Gasteiger partial charge in [-0.05, 0) is 12.8 Å². The van der Waals surface area contributed by atoms with Gasteiger partial charge in [0.2, 0.25) is 0 Å². The molecule has 0 aromatic rings. The van der Waals surface area contributed by atoms with Crippen LogP contribution in [-0.4, -0.2) is 15.7 Å². The van der Waals surface area contributed by atoms with Gasteiger partial charge >= 0.3 is 0 Å². The maximum absolute atomic E-state index is 11.2. The summed E-state index contributed by atoms with van der Waals surface area (Å²) in [5.41, 5.74) is 0. The molecule has 0 aromatic carbocycles. The third-order valence-electron chi connectivity index (χ3n) is 1.91.